The average Bonchev–Trinajstić information content (AvgIpc) is 2.32. The lowest BCUT2D eigenvalue weighted by molar-refractivity contribution is 0.356. The number of nitrogens with one attached hydrogen (secondary N) is 1. The smallest absolute Gasteiger partial charge is 0.162 e. The number of fused-ring (bicyclic) bond motifs is 1. The van der Waals surface area contributed by atoms with Crippen molar-refractivity contribution in [2.75, 3.05) is 20.0 Å². The van der Waals surface area contributed by atoms with Gasteiger partial charge in [-0.2, -0.15) is 0 Å². The molecule has 0 unspecified atom stereocenters. The molecule has 0 fully saturated rings. The summed E-state index contributed by atoms with van der Waals surface area (Å²) in [7, 11) is 3.18. The second-order valence-electron chi connectivity index (χ2n) is 3.33. The van der Waals surface area contributed by atoms with Gasteiger partial charge in [-0.25, -0.2) is 0 Å². The zero-order chi connectivity index (χ0) is 11.7. The molecule has 0 aliphatic carbocycles. The summed E-state index contributed by atoms with van der Waals surface area (Å²) < 4.78 is 11.0. The summed E-state index contributed by atoms with van der Waals surface area (Å²) in [4.78, 5) is 3.06. The highest BCUT2D eigenvalue weighted by molar-refractivity contribution is 7.71. The highest BCUT2D eigenvalue weighted by Gasteiger charge is 2.07. The largest absolute Gasteiger partial charge is 0.493 e. The summed E-state index contributed by atoms with van der Waals surface area (Å²) in [5.41, 5.74) is 7.16. The van der Waals surface area contributed by atoms with E-state index in [0.29, 0.717) is 21.7 Å². The number of methoxy groups -OCH3 is 2. The molecule has 5 heteroatoms. The molecule has 0 radical (unpaired) electrons. The van der Waals surface area contributed by atoms with Gasteiger partial charge >= 0.3 is 0 Å². The first-order valence-corrected chi connectivity index (χ1v) is 5.11. The van der Waals surface area contributed by atoms with Gasteiger partial charge in [-0.1, -0.05) is 12.2 Å². The van der Waals surface area contributed by atoms with E-state index >= 15 is 0 Å². The van der Waals surface area contributed by atoms with Crippen molar-refractivity contribution in [1.29, 1.82) is 0 Å². The molecule has 1 heterocycles. The predicted octanol–water partition coefficient (Wildman–Crippen LogP) is 2.50. The third kappa shape index (κ3) is 1.59. The summed E-state index contributed by atoms with van der Waals surface area (Å²) in [5, 5.41) is 0.854. The van der Waals surface area contributed by atoms with Crippen molar-refractivity contribution in [2.45, 2.75) is 0 Å². The van der Waals surface area contributed by atoms with Gasteiger partial charge in [-0.3, -0.25) is 0 Å². The molecule has 0 atom stereocenters. The molecule has 4 nitrogen and oxygen atoms in total. The Hall–Kier alpha value is -1.75. The molecular formula is C11H12N2O2S. The molecule has 1 aromatic carbocycles. The summed E-state index contributed by atoms with van der Waals surface area (Å²) in [6, 6.07) is 3.66. The van der Waals surface area contributed by atoms with Crippen LogP contribution in [-0.2, 0) is 0 Å². The lowest BCUT2D eigenvalue weighted by Gasteiger charge is -2.09. The first-order chi connectivity index (χ1) is 7.67. The molecule has 0 saturated carbocycles. The third-order valence-electron chi connectivity index (χ3n) is 2.41. The van der Waals surface area contributed by atoms with Crippen LogP contribution < -0.4 is 15.2 Å². The van der Waals surface area contributed by atoms with E-state index in [-0.39, 0.29) is 0 Å². The minimum absolute atomic E-state index is 0.551. The number of nitrogens with two attached hydrogens (primary N) is 1. The van der Waals surface area contributed by atoms with Crippen LogP contribution in [0.2, 0.25) is 0 Å². The highest BCUT2D eigenvalue weighted by Crippen LogP contribution is 2.32. The molecule has 2 aromatic rings. The van der Waals surface area contributed by atoms with Crippen molar-refractivity contribution in [3.63, 3.8) is 0 Å². The van der Waals surface area contributed by atoms with Crippen LogP contribution in [0, 0.1) is 4.51 Å². The number of pyridine rings is 1. The second-order valence-corrected chi connectivity index (χ2v) is 3.73. The van der Waals surface area contributed by atoms with Crippen molar-refractivity contribution < 1.29 is 9.47 Å². The molecule has 0 aliphatic rings. The van der Waals surface area contributed by atoms with Crippen LogP contribution in [0.25, 0.3) is 10.9 Å². The molecule has 84 valence electrons. The van der Waals surface area contributed by atoms with Gasteiger partial charge in [0.1, 0.15) is 0 Å². The Kier molecular flexibility index (Phi) is 2.70. The van der Waals surface area contributed by atoms with Gasteiger partial charge in [0.25, 0.3) is 0 Å². The van der Waals surface area contributed by atoms with Gasteiger partial charge in [0.15, 0.2) is 11.5 Å². The fourth-order valence-corrected chi connectivity index (χ4v) is 1.79. The van der Waals surface area contributed by atoms with Crippen LogP contribution in [-0.4, -0.2) is 19.2 Å². The molecule has 16 heavy (non-hydrogen) atoms. The highest BCUT2D eigenvalue weighted by atomic mass is 32.1. The van der Waals surface area contributed by atoms with Gasteiger partial charge < -0.3 is 20.2 Å². The molecule has 0 amide bonds. The molecular weight excluding hydrogens is 224 g/mol. The molecule has 0 bridgehead atoms. The van der Waals surface area contributed by atoms with Crippen molar-refractivity contribution in [2.24, 2.45) is 0 Å². The number of ether oxygens (including phenoxy) is 2. The van der Waals surface area contributed by atoms with Crippen LogP contribution in [0.1, 0.15) is 0 Å². The Morgan fingerprint density at radius 2 is 1.81 bits per heavy atom. The van der Waals surface area contributed by atoms with E-state index in [4.69, 9.17) is 27.4 Å². The number of H-pyrrole nitrogens is 1. The number of aromatic amines is 1. The fraction of sp³-hybridized carbons (Fsp3) is 0.182. The van der Waals surface area contributed by atoms with Crippen LogP contribution in [0.3, 0.4) is 0 Å². The monoisotopic (exact) mass is 236 g/mol. The summed E-state index contributed by atoms with van der Waals surface area (Å²) in [5.74, 6) is 1.30. The normalized spacial score (nSPS) is 10.4. The van der Waals surface area contributed by atoms with E-state index in [1.54, 1.807) is 20.4 Å². The molecule has 3 N–H and O–H groups in total. The Bertz CT molecular complexity index is 592. The SMILES string of the molecule is COc1cc2[nH]cc(N)c(=S)c2cc1OC. The van der Waals surface area contributed by atoms with Crippen LogP contribution in [0.4, 0.5) is 5.69 Å². The average molecular weight is 236 g/mol. The molecule has 1 aromatic heterocycles. The maximum absolute atomic E-state index is 5.74. The van der Waals surface area contributed by atoms with Crippen LogP contribution >= 0.6 is 12.2 Å². The first-order valence-electron chi connectivity index (χ1n) is 4.70. The quantitative estimate of drug-likeness (QED) is 0.786. The molecule has 0 saturated heterocycles. The summed E-state index contributed by atoms with van der Waals surface area (Å²) in [6.07, 6.45) is 1.68. The second kappa shape index (κ2) is 4.02. The molecule has 2 rings (SSSR count). The number of aromatic nitrogens is 1. The van der Waals surface area contributed by atoms with Crippen molar-refractivity contribution >= 4 is 28.8 Å². The summed E-state index contributed by atoms with van der Waals surface area (Å²) in [6.45, 7) is 0. The Balaban J connectivity index is 2.84. The molecule has 0 spiro atoms. The van der Waals surface area contributed by atoms with Gasteiger partial charge in [0.05, 0.1) is 29.9 Å². The van der Waals surface area contributed by atoms with Crippen molar-refractivity contribution in [1.82, 2.24) is 4.98 Å². The maximum Gasteiger partial charge on any atom is 0.162 e. The van der Waals surface area contributed by atoms with Gasteiger partial charge in [0.2, 0.25) is 0 Å². The number of hydrogen-bond donors (Lipinski definition) is 2. The van der Waals surface area contributed by atoms with E-state index in [0.717, 1.165) is 10.9 Å². The Labute approximate surface area is 98.0 Å². The lowest BCUT2D eigenvalue weighted by Crippen LogP contribution is -1.94. The van der Waals surface area contributed by atoms with Crippen molar-refractivity contribution in [3.05, 3.63) is 22.8 Å². The van der Waals surface area contributed by atoms with E-state index in [1.165, 1.54) is 0 Å². The van der Waals surface area contributed by atoms with E-state index in [1.807, 2.05) is 12.1 Å². The van der Waals surface area contributed by atoms with Gasteiger partial charge in [-0.15, -0.1) is 0 Å². The zero-order valence-electron chi connectivity index (χ0n) is 9.03. The fourth-order valence-electron chi connectivity index (χ4n) is 1.56. The minimum Gasteiger partial charge on any atom is -0.493 e. The van der Waals surface area contributed by atoms with Crippen molar-refractivity contribution in [3.8, 4) is 11.5 Å². The van der Waals surface area contributed by atoms with Crippen LogP contribution in [0.15, 0.2) is 18.3 Å². The Morgan fingerprint density at radius 1 is 1.19 bits per heavy atom. The number of rotatable bonds is 2. The Morgan fingerprint density at radius 3 is 2.44 bits per heavy atom. The standard InChI is InChI=1S/C11H12N2O2S/c1-14-9-3-6-8(4-10(9)15-2)13-5-7(12)11(6)16/h3-5H,12H2,1-2H3,(H,13,16). The van der Waals surface area contributed by atoms with Gasteiger partial charge in [0, 0.05) is 17.6 Å². The number of hydrogen-bond acceptors (Lipinski definition) is 4. The first kappa shape index (κ1) is 10.8. The maximum atomic E-state index is 5.74. The van der Waals surface area contributed by atoms with E-state index < -0.39 is 0 Å². The number of nitrogen functional groups attached to an aromatic ring is 1. The number of benzene rings is 1. The minimum atomic E-state index is 0.551. The lowest BCUT2D eigenvalue weighted by atomic mass is 10.2. The van der Waals surface area contributed by atoms with E-state index in [2.05, 4.69) is 4.98 Å². The van der Waals surface area contributed by atoms with Crippen LogP contribution in [0.5, 0.6) is 11.5 Å². The zero-order valence-corrected chi connectivity index (χ0v) is 9.85. The molecule has 0 aliphatic heterocycles. The van der Waals surface area contributed by atoms with Gasteiger partial charge in [-0.05, 0) is 6.07 Å². The third-order valence-corrected chi connectivity index (χ3v) is 2.87. The number of anilines is 1. The predicted molar refractivity (Wildman–Crippen MR) is 66.6 cm³/mol. The van der Waals surface area contributed by atoms with E-state index in [9.17, 15) is 0 Å². The topological polar surface area (TPSA) is 60.3 Å². The summed E-state index contributed by atoms with van der Waals surface area (Å²) >= 11 is 5.24.